The third-order valence-corrected chi connectivity index (χ3v) is 5.52. The van der Waals surface area contributed by atoms with Crippen molar-refractivity contribution < 1.29 is 17.7 Å². The van der Waals surface area contributed by atoms with Crippen molar-refractivity contribution in [1.82, 2.24) is 19.7 Å². The van der Waals surface area contributed by atoms with E-state index in [0.717, 1.165) is 19.3 Å². The zero-order valence-electron chi connectivity index (χ0n) is 16.9. The van der Waals surface area contributed by atoms with Crippen LogP contribution in [0.25, 0.3) is 0 Å². The van der Waals surface area contributed by atoms with Crippen molar-refractivity contribution in [3.63, 3.8) is 0 Å². The predicted octanol–water partition coefficient (Wildman–Crippen LogP) is 1.30. The molecule has 1 fully saturated rings. The Morgan fingerprint density at radius 1 is 1.53 bits per heavy atom. The Balaban J connectivity index is 1.68. The van der Waals surface area contributed by atoms with Crippen molar-refractivity contribution in [2.75, 3.05) is 11.9 Å². The molecule has 0 bridgehead atoms. The van der Waals surface area contributed by atoms with Crippen molar-refractivity contribution in [3.8, 4) is 11.8 Å². The molecule has 162 valence electrons. The van der Waals surface area contributed by atoms with Gasteiger partial charge in [-0.2, -0.15) is 14.4 Å². The average molecular weight is 436 g/mol. The van der Waals surface area contributed by atoms with Crippen LogP contribution in [0.5, 0.6) is 0 Å². The van der Waals surface area contributed by atoms with Gasteiger partial charge in [0.2, 0.25) is 0 Å². The van der Waals surface area contributed by atoms with Crippen LogP contribution in [0.4, 0.5) is 5.82 Å². The van der Waals surface area contributed by atoms with Crippen LogP contribution in [0.2, 0.25) is 0 Å². The number of hydrogen-bond acceptors (Lipinski definition) is 7. The van der Waals surface area contributed by atoms with Gasteiger partial charge in [0.1, 0.15) is 24.3 Å². The van der Waals surface area contributed by atoms with E-state index in [0.29, 0.717) is 17.1 Å². The van der Waals surface area contributed by atoms with Gasteiger partial charge in [-0.1, -0.05) is 5.92 Å². The minimum atomic E-state index is -3.69. The van der Waals surface area contributed by atoms with Gasteiger partial charge in [-0.15, -0.1) is 10.1 Å². The molecule has 2 aromatic rings. The second-order valence-corrected chi connectivity index (χ2v) is 8.61. The van der Waals surface area contributed by atoms with Crippen LogP contribution in [0.15, 0.2) is 24.8 Å². The molecule has 0 aliphatic heterocycles. The fourth-order valence-electron chi connectivity index (χ4n) is 3.55. The highest BCUT2D eigenvalue weighted by Gasteiger charge is 2.28. The van der Waals surface area contributed by atoms with Crippen molar-refractivity contribution in [3.05, 3.63) is 36.0 Å². The molecule has 11 heteroatoms. The Labute approximate surface area is 176 Å². The van der Waals surface area contributed by atoms with Gasteiger partial charge in [0, 0.05) is 24.0 Å². The van der Waals surface area contributed by atoms with Crippen LogP contribution >= 0.6 is 0 Å². The quantitative estimate of drug-likeness (QED) is 0.418. The van der Waals surface area contributed by atoms with Crippen LogP contribution in [0.3, 0.4) is 0 Å². The molecule has 0 saturated heterocycles. The number of nitrogens with two attached hydrogens (primary N) is 1. The van der Waals surface area contributed by atoms with E-state index in [1.807, 2.05) is 6.92 Å². The number of nitrogens with one attached hydrogen (secondary N) is 1. The van der Waals surface area contributed by atoms with E-state index in [-0.39, 0.29) is 24.6 Å². The summed E-state index contributed by atoms with van der Waals surface area (Å²) < 4.78 is 26.7. The van der Waals surface area contributed by atoms with E-state index >= 15 is 0 Å². The number of aromatic nitrogens is 4. The highest BCUT2D eigenvalue weighted by atomic mass is 32.2. The van der Waals surface area contributed by atoms with Crippen molar-refractivity contribution in [2.24, 2.45) is 11.1 Å². The summed E-state index contributed by atoms with van der Waals surface area (Å²) in [6.07, 6.45) is 6.18. The molecule has 30 heavy (non-hydrogen) atoms. The summed E-state index contributed by atoms with van der Waals surface area (Å²) >= 11 is 0. The Morgan fingerprint density at radius 2 is 2.33 bits per heavy atom. The molecule has 1 aliphatic rings. The van der Waals surface area contributed by atoms with Gasteiger partial charge in [-0.25, -0.2) is 14.2 Å². The highest BCUT2D eigenvalue weighted by Crippen LogP contribution is 2.31. The lowest BCUT2D eigenvalue weighted by atomic mass is 10.1. The molecule has 5 N–H and O–H groups in total. The largest absolute Gasteiger partial charge is 0.484 e. The van der Waals surface area contributed by atoms with Gasteiger partial charge in [0.05, 0.1) is 12.3 Å². The van der Waals surface area contributed by atoms with E-state index in [1.165, 1.54) is 6.33 Å². The van der Waals surface area contributed by atoms with Crippen molar-refractivity contribution in [2.45, 2.75) is 51.3 Å². The molecular weight excluding hydrogens is 408 g/mol. The van der Waals surface area contributed by atoms with Crippen molar-refractivity contribution in [1.29, 1.82) is 0 Å². The minimum absolute atomic E-state index is 0.0874. The Morgan fingerprint density at radius 3 is 3.07 bits per heavy atom. The second kappa shape index (κ2) is 9.53. The van der Waals surface area contributed by atoms with E-state index in [4.69, 9.17) is 13.5 Å². The maximum atomic E-state index is 11.1. The molecule has 0 aromatic carbocycles. The Bertz CT molecular complexity index is 1030. The molecule has 2 aromatic heterocycles. The molecule has 1 aliphatic carbocycles. The number of aliphatic hydroxyl groups is 1. The fraction of sp³-hybridized carbons (Fsp3) is 0.526. The summed E-state index contributed by atoms with van der Waals surface area (Å²) in [5.74, 6) is 6.52. The van der Waals surface area contributed by atoms with E-state index in [1.54, 1.807) is 30.1 Å². The van der Waals surface area contributed by atoms with Gasteiger partial charge in [-0.3, -0.25) is 4.68 Å². The molecule has 5 atom stereocenters. The molecule has 2 heterocycles. The summed E-state index contributed by atoms with van der Waals surface area (Å²) in [6.45, 7) is 3.82. The molecule has 0 amide bonds. The fourth-order valence-corrected chi connectivity index (χ4v) is 3.94. The lowest BCUT2D eigenvalue weighted by molar-refractivity contribution is 0.213. The number of rotatable bonds is 8. The molecular formula is C19H27N6O4S+. The topological polar surface area (TPSA) is 150 Å². The van der Waals surface area contributed by atoms with Crippen LogP contribution in [0, 0.1) is 17.8 Å². The summed E-state index contributed by atoms with van der Waals surface area (Å²) in [7, 11) is -3.69. The average Bonchev–Trinajstić information content (AvgIpc) is 3.36. The SMILES string of the molecule is CC#CC(C)n1ccc(C(O)c2cncnc2N[C@H]2CC[C@@H](COS(N)(=O)=[OH+])C2)n1. The predicted molar refractivity (Wildman–Crippen MR) is 111 cm³/mol. The van der Waals surface area contributed by atoms with E-state index < -0.39 is 16.4 Å². The number of nitrogens with zero attached hydrogens (tertiary/aromatic N) is 4. The molecule has 1 saturated carbocycles. The Kier molecular flexibility index (Phi) is 7.04. The number of aliphatic hydroxyl groups excluding tert-OH is 1. The first-order valence-corrected chi connectivity index (χ1v) is 11.2. The summed E-state index contributed by atoms with van der Waals surface area (Å²) in [4.78, 5) is 8.34. The highest BCUT2D eigenvalue weighted by molar-refractivity contribution is 7.84. The van der Waals surface area contributed by atoms with Crippen LogP contribution in [0.1, 0.15) is 56.5 Å². The monoisotopic (exact) mass is 435 g/mol. The third kappa shape index (κ3) is 5.76. The maximum Gasteiger partial charge on any atom is 0.484 e. The third-order valence-electron chi connectivity index (χ3n) is 5.05. The minimum Gasteiger partial charge on any atom is -0.382 e. The first-order valence-electron chi connectivity index (χ1n) is 9.67. The van der Waals surface area contributed by atoms with Crippen molar-refractivity contribution >= 4 is 16.1 Å². The summed E-state index contributed by atoms with van der Waals surface area (Å²) in [5.41, 5.74) is 1.01. The van der Waals surface area contributed by atoms with Gasteiger partial charge in [0.25, 0.3) is 0 Å². The zero-order chi connectivity index (χ0) is 21.7. The summed E-state index contributed by atoms with van der Waals surface area (Å²) in [5, 5.41) is 23.7. The molecule has 3 unspecified atom stereocenters. The maximum absolute atomic E-state index is 11.1. The van der Waals surface area contributed by atoms with Crippen LogP contribution < -0.4 is 10.5 Å². The molecule has 0 spiro atoms. The Hall–Kier alpha value is -2.52. The molecule has 10 nitrogen and oxygen atoms in total. The molecule has 0 radical (unpaired) electrons. The van der Waals surface area contributed by atoms with Gasteiger partial charge in [0.15, 0.2) is 0 Å². The lowest BCUT2D eigenvalue weighted by Crippen LogP contribution is -2.22. The number of anilines is 1. The van der Waals surface area contributed by atoms with E-state index in [9.17, 15) is 9.32 Å². The summed E-state index contributed by atoms with van der Waals surface area (Å²) in [6, 6.07) is 1.74. The lowest BCUT2D eigenvalue weighted by Gasteiger charge is -2.18. The standard InChI is InChI=1S/C19H26N6O4S/c1-3-4-13(2)25-8-7-17(24-25)18(26)16-10-21-12-22-19(16)23-15-6-5-14(9-15)11-29-30(20,27)28/h7-8,10,12-15,18,26H,5-6,9,11H2,1-2H3,(H2,20,27,28)(H,21,22,23)/p+1/t13?,14-,15+,18?/m1/s1. The van der Waals surface area contributed by atoms with Crippen LogP contribution in [-0.2, 0) is 14.5 Å². The van der Waals surface area contributed by atoms with Crippen LogP contribution in [-0.4, -0.2) is 45.9 Å². The second-order valence-electron chi connectivity index (χ2n) is 7.34. The van der Waals surface area contributed by atoms with Gasteiger partial charge >= 0.3 is 10.3 Å². The van der Waals surface area contributed by atoms with E-state index in [2.05, 4.69) is 32.2 Å². The van der Waals surface area contributed by atoms with Gasteiger partial charge < -0.3 is 10.4 Å². The van der Waals surface area contributed by atoms with Gasteiger partial charge in [-0.05, 0) is 45.1 Å². The first-order chi connectivity index (χ1) is 14.3. The number of hydrogen-bond donors (Lipinski definition) is 3. The first kappa shape index (κ1) is 22.2. The molecule has 3 rings (SSSR count). The normalized spacial score (nSPS) is 22.5. The zero-order valence-corrected chi connectivity index (χ0v) is 17.7. The smallest absolute Gasteiger partial charge is 0.382 e.